The standard InChI is InChI=1S/C22H20ClN4O6P/c23-21-11-16(7-8-25-21)13-31-18-5-3-15(4-6-18)10-17-12-20(33-26-17)19-2-1-9-27(22(19)24)14-32-34(28,29)30/h1-9,11-12,24H,10,13-14H2,(H2,28,29,30). The molecule has 1 aromatic carbocycles. The normalized spacial score (nSPS) is 12.9. The summed E-state index contributed by atoms with van der Waals surface area (Å²) in [5.41, 5.74) is 9.20. The van der Waals surface area contributed by atoms with Crippen molar-refractivity contribution < 1.29 is 32.7 Å². The highest BCUT2D eigenvalue weighted by molar-refractivity contribution is 7.44. The molecule has 0 amide bonds. The van der Waals surface area contributed by atoms with Gasteiger partial charge in [-0.3, -0.25) is 14.8 Å². The maximum atomic E-state index is 10.8. The van der Waals surface area contributed by atoms with Crippen molar-refractivity contribution in [2.24, 2.45) is 0 Å². The van der Waals surface area contributed by atoms with Crippen LogP contribution >= 0.6 is 19.4 Å². The van der Waals surface area contributed by atoms with Crippen molar-refractivity contribution in [2.45, 2.75) is 19.8 Å². The van der Waals surface area contributed by atoms with Crippen LogP contribution in [0.2, 0.25) is 5.15 Å². The lowest BCUT2D eigenvalue weighted by Crippen LogP contribution is -2.38. The Morgan fingerprint density at radius 1 is 1.18 bits per heavy atom. The van der Waals surface area contributed by atoms with Crippen molar-refractivity contribution in [3.05, 3.63) is 89.0 Å². The molecule has 0 saturated heterocycles. The number of halogens is 1. The molecular formula is C22H20ClN4O6P. The van der Waals surface area contributed by atoms with Gasteiger partial charge >= 0.3 is 0 Å². The Hall–Kier alpha value is -3.27. The molecule has 4 aromatic rings. The molecule has 0 aliphatic carbocycles. The number of phosphoric acid groups is 1. The van der Waals surface area contributed by atoms with Crippen LogP contribution in [0.15, 0.2) is 71.5 Å². The van der Waals surface area contributed by atoms with E-state index in [1.54, 1.807) is 30.5 Å². The molecule has 3 N–H and O–H groups in total. The summed E-state index contributed by atoms with van der Waals surface area (Å²) in [7, 11) is -4.88. The number of ether oxygens (including phenoxy) is 1. The summed E-state index contributed by atoms with van der Waals surface area (Å²) >= 11 is 5.89. The van der Waals surface area contributed by atoms with Crippen molar-refractivity contribution >= 4 is 25.2 Å². The lowest BCUT2D eigenvalue weighted by Gasteiger charge is -2.14. The minimum absolute atomic E-state index is 0.190. The summed E-state index contributed by atoms with van der Waals surface area (Å²) in [5.74, 6) is 1.31. The van der Waals surface area contributed by atoms with Crippen molar-refractivity contribution in [3.8, 4) is 17.1 Å². The smallest absolute Gasteiger partial charge is 0.285 e. The Bertz CT molecular complexity index is 1330. The number of hydrogen-bond acceptors (Lipinski definition) is 8. The quantitative estimate of drug-likeness (QED) is 0.200. The van der Waals surface area contributed by atoms with Gasteiger partial charge in [0.05, 0.1) is 11.9 Å². The van der Waals surface area contributed by atoms with Crippen LogP contribution in [-0.2, 0) is 28.8 Å². The second kappa shape index (κ2) is 10.3. The molecule has 0 saturated carbocycles. The van der Waals surface area contributed by atoms with Crippen LogP contribution in [0.4, 0.5) is 5.82 Å². The lowest BCUT2D eigenvalue weighted by molar-refractivity contribution is -0.712. The molecule has 0 fully saturated rings. The molecule has 176 valence electrons. The number of nitrogen functional groups attached to an aromatic ring is 1. The van der Waals surface area contributed by atoms with E-state index in [1.165, 1.54) is 10.8 Å². The van der Waals surface area contributed by atoms with Gasteiger partial charge in [-0.15, -0.1) is 0 Å². The van der Waals surface area contributed by atoms with E-state index in [4.69, 9.17) is 31.5 Å². The van der Waals surface area contributed by atoms with E-state index in [1.807, 2.05) is 30.3 Å². The fourth-order valence-electron chi connectivity index (χ4n) is 3.15. The van der Waals surface area contributed by atoms with Gasteiger partial charge < -0.3 is 19.0 Å². The number of anilines is 1. The molecule has 12 heteroatoms. The van der Waals surface area contributed by atoms with E-state index in [0.717, 1.165) is 11.1 Å². The van der Waals surface area contributed by atoms with Crippen molar-refractivity contribution in [1.29, 1.82) is 0 Å². The summed E-state index contributed by atoms with van der Waals surface area (Å²) in [4.78, 5) is 23.6. The Kier molecular flexibility index (Phi) is 7.26. The molecule has 3 aromatic heterocycles. The molecule has 10 nitrogen and oxygen atoms in total. The van der Waals surface area contributed by atoms with Crippen LogP contribution in [0, 0.1) is 0 Å². The molecule has 0 aliphatic heterocycles. The number of pyridine rings is 2. The molecule has 0 radical (unpaired) electrons. The van der Waals surface area contributed by atoms with Crippen molar-refractivity contribution in [3.63, 3.8) is 0 Å². The molecule has 0 aliphatic rings. The summed E-state index contributed by atoms with van der Waals surface area (Å²) < 4.78 is 27.8. The third kappa shape index (κ3) is 6.40. The highest BCUT2D eigenvalue weighted by Crippen LogP contribution is 2.30. The van der Waals surface area contributed by atoms with Crippen molar-refractivity contribution in [1.82, 2.24) is 10.1 Å². The maximum Gasteiger partial charge on any atom is 0.285 e. The minimum atomic E-state index is -4.88. The van der Waals surface area contributed by atoms with E-state index in [0.29, 0.717) is 40.9 Å². The van der Waals surface area contributed by atoms with Crippen LogP contribution < -0.4 is 19.9 Å². The van der Waals surface area contributed by atoms with E-state index in [9.17, 15) is 9.46 Å². The van der Waals surface area contributed by atoms with Gasteiger partial charge in [0.25, 0.3) is 13.6 Å². The molecule has 1 atom stereocenters. The zero-order chi connectivity index (χ0) is 24.1. The molecular weight excluding hydrogens is 483 g/mol. The van der Waals surface area contributed by atoms with Gasteiger partial charge in [-0.1, -0.05) is 28.9 Å². The zero-order valence-corrected chi connectivity index (χ0v) is 19.4. The van der Waals surface area contributed by atoms with Crippen LogP contribution in [0.25, 0.3) is 11.3 Å². The molecule has 0 spiro atoms. The lowest BCUT2D eigenvalue weighted by atomic mass is 10.1. The maximum absolute atomic E-state index is 10.8. The number of nitrogens with zero attached hydrogens (tertiary/aromatic N) is 3. The number of nitrogens with two attached hydrogens (primary N) is 1. The average molecular weight is 503 g/mol. The van der Waals surface area contributed by atoms with E-state index < -0.39 is 14.6 Å². The second-order valence-electron chi connectivity index (χ2n) is 7.28. The zero-order valence-electron chi connectivity index (χ0n) is 17.7. The van der Waals surface area contributed by atoms with Crippen LogP contribution in [-0.4, -0.2) is 15.0 Å². The Morgan fingerprint density at radius 2 is 1.97 bits per heavy atom. The van der Waals surface area contributed by atoms with Gasteiger partial charge in [-0.2, -0.15) is 0 Å². The fraction of sp³-hybridized carbons (Fsp3) is 0.136. The van der Waals surface area contributed by atoms with Gasteiger partial charge in [0.15, 0.2) is 12.5 Å². The van der Waals surface area contributed by atoms with Gasteiger partial charge in [-0.25, -0.2) is 9.55 Å². The monoisotopic (exact) mass is 502 g/mol. The summed E-state index contributed by atoms with van der Waals surface area (Å²) in [6.45, 7) is -0.0942. The fourth-order valence-corrected chi connectivity index (χ4v) is 3.62. The van der Waals surface area contributed by atoms with Crippen LogP contribution in [0.3, 0.4) is 0 Å². The first-order valence-electron chi connectivity index (χ1n) is 10.0. The predicted molar refractivity (Wildman–Crippen MR) is 120 cm³/mol. The molecule has 0 bridgehead atoms. The number of aromatic nitrogens is 3. The molecule has 34 heavy (non-hydrogen) atoms. The molecule has 4 rings (SSSR count). The molecule has 3 heterocycles. The minimum Gasteiger partial charge on any atom is -0.756 e. The summed E-state index contributed by atoms with van der Waals surface area (Å²) in [5, 5.41) is 4.51. The van der Waals surface area contributed by atoms with E-state index in [2.05, 4.69) is 14.7 Å². The Labute approximate surface area is 199 Å². The first kappa shape index (κ1) is 23.9. The van der Waals surface area contributed by atoms with Gasteiger partial charge in [0, 0.05) is 18.7 Å². The first-order chi connectivity index (χ1) is 16.3. The van der Waals surface area contributed by atoms with Gasteiger partial charge in [0.2, 0.25) is 0 Å². The van der Waals surface area contributed by atoms with Crippen LogP contribution in [0.1, 0.15) is 16.8 Å². The topological polar surface area (TPSA) is 148 Å². The van der Waals surface area contributed by atoms with Gasteiger partial charge in [-0.05, 0) is 47.5 Å². The summed E-state index contributed by atoms with van der Waals surface area (Å²) in [6.07, 6.45) is 3.66. The molecule has 1 unspecified atom stereocenters. The van der Waals surface area contributed by atoms with Gasteiger partial charge in [0.1, 0.15) is 23.1 Å². The van der Waals surface area contributed by atoms with E-state index >= 15 is 0 Å². The Balaban J connectivity index is 1.40. The number of phosphoric ester groups is 1. The van der Waals surface area contributed by atoms with Crippen LogP contribution in [0.5, 0.6) is 5.75 Å². The predicted octanol–water partition coefficient (Wildman–Crippen LogP) is 2.86. The second-order valence-corrected chi connectivity index (χ2v) is 8.86. The third-order valence-corrected chi connectivity index (χ3v) is 5.45. The third-order valence-electron chi connectivity index (χ3n) is 4.80. The number of benzene rings is 1. The van der Waals surface area contributed by atoms with E-state index in [-0.39, 0.29) is 5.82 Å². The number of hydrogen-bond donors (Lipinski definition) is 2. The summed E-state index contributed by atoms with van der Waals surface area (Å²) in [6, 6.07) is 16.3. The largest absolute Gasteiger partial charge is 0.756 e. The number of rotatable bonds is 9. The highest BCUT2D eigenvalue weighted by Gasteiger charge is 2.18. The van der Waals surface area contributed by atoms with Crippen molar-refractivity contribution in [2.75, 3.05) is 5.73 Å². The first-order valence-corrected chi connectivity index (χ1v) is 11.9. The Morgan fingerprint density at radius 3 is 2.71 bits per heavy atom. The highest BCUT2D eigenvalue weighted by atomic mass is 35.5. The SMILES string of the molecule is Nc1c(-c2cc(Cc3ccc(OCc4ccnc(Cl)c4)cc3)no2)ccc[n+]1COP(=O)([O-])O. The average Bonchev–Trinajstić information content (AvgIpc) is 3.25.